The molecule has 0 unspecified atom stereocenters. The van der Waals surface area contributed by atoms with Gasteiger partial charge in [-0.05, 0) is 24.6 Å². The maximum atomic E-state index is 11.6. The number of carboxylic acids is 1. The van der Waals surface area contributed by atoms with E-state index in [1.807, 2.05) is 13.0 Å². The minimum absolute atomic E-state index is 0.334. The Labute approximate surface area is 108 Å². The molecule has 0 bridgehead atoms. The van der Waals surface area contributed by atoms with Gasteiger partial charge in [0.25, 0.3) is 0 Å². The fourth-order valence-electron chi connectivity index (χ4n) is 1.16. The summed E-state index contributed by atoms with van der Waals surface area (Å²) in [4.78, 5) is 23.1. The third kappa shape index (κ3) is 4.07. The molecule has 0 heterocycles. The van der Waals surface area contributed by atoms with Gasteiger partial charge in [0.15, 0.2) is 0 Å². The molecule has 17 heavy (non-hydrogen) atoms. The average Bonchev–Trinajstić information content (AvgIpc) is 2.22. The summed E-state index contributed by atoms with van der Waals surface area (Å²) < 4.78 is 0.885. The van der Waals surface area contributed by atoms with E-state index in [1.54, 1.807) is 12.1 Å². The van der Waals surface area contributed by atoms with Crippen LogP contribution in [0.4, 0.5) is 10.5 Å². The van der Waals surface area contributed by atoms with Crippen LogP contribution >= 0.6 is 15.9 Å². The Balaban J connectivity index is 2.67. The lowest BCUT2D eigenvalue weighted by molar-refractivity contribution is -0.137. The van der Waals surface area contributed by atoms with Gasteiger partial charge in [0.2, 0.25) is 0 Å². The molecule has 0 spiro atoms. The lowest BCUT2D eigenvalue weighted by Gasteiger charge is -2.15. The first-order valence-corrected chi connectivity index (χ1v) is 5.69. The molecule has 0 aromatic heterocycles. The number of carboxylic acid groups (broad SMARTS) is 1. The van der Waals surface area contributed by atoms with E-state index in [0.29, 0.717) is 5.69 Å². The second-order valence-corrected chi connectivity index (χ2v) is 4.50. The highest BCUT2D eigenvalue weighted by Crippen LogP contribution is 2.20. The number of hydrogen-bond acceptors (Lipinski definition) is 2. The normalized spacial score (nSPS) is 9.82. The van der Waals surface area contributed by atoms with Gasteiger partial charge in [-0.2, -0.15) is 0 Å². The minimum Gasteiger partial charge on any atom is -0.480 e. The van der Waals surface area contributed by atoms with Gasteiger partial charge in [-0.15, -0.1) is 0 Å². The van der Waals surface area contributed by atoms with Gasteiger partial charge in [0.1, 0.15) is 6.54 Å². The fraction of sp³-hybridized carbons (Fsp3) is 0.273. The first-order chi connectivity index (χ1) is 7.90. The number of nitrogens with zero attached hydrogens (tertiary/aromatic N) is 1. The molecule has 6 heteroatoms. The number of carbonyl (C=O) groups excluding carboxylic acids is 1. The number of aryl methyl sites for hydroxylation is 1. The molecular weight excluding hydrogens is 288 g/mol. The van der Waals surface area contributed by atoms with Gasteiger partial charge in [-0.3, -0.25) is 4.79 Å². The maximum Gasteiger partial charge on any atom is 0.323 e. The quantitative estimate of drug-likeness (QED) is 0.900. The molecule has 0 saturated heterocycles. The standard InChI is InChI=1S/C11H13BrN2O3/c1-7-3-4-8(5-9(7)12)13-11(17)14(2)6-10(15)16/h3-5H,6H2,1-2H3,(H,13,17)(H,15,16). The molecule has 0 aliphatic rings. The average molecular weight is 301 g/mol. The third-order valence-corrected chi connectivity index (χ3v) is 3.00. The number of urea groups is 1. The van der Waals surface area contributed by atoms with Crippen LogP contribution in [0.1, 0.15) is 5.56 Å². The number of anilines is 1. The number of benzene rings is 1. The highest BCUT2D eigenvalue weighted by Gasteiger charge is 2.12. The van der Waals surface area contributed by atoms with Crippen molar-refractivity contribution in [3.05, 3.63) is 28.2 Å². The molecule has 0 radical (unpaired) electrons. The summed E-state index contributed by atoms with van der Waals surface area (Å²) in [5.74, 6) is -1.05. The molecule has 0 aliphatic carbocycles. The Morgan fingerprint density at radius 3 is 2.65 bits per heavy atom. The Hall–Kier alpha value is -1.56. The molecule has 2 N–H and O–H groups in total. The minimum atomic E-state index is -1.05. The molecule has 0 atom stereocenters. The van der Waals surface area contributed by atoms with Crippen LogP contribution in [-0.2, 0) is 4.79 Å². The summed E-state index contributed by atoms with van der Waals surface area (Å²) in [5.41, 5.74) is 1.67. The SMILES string of the molecule is Cc1ccc(NC(=O)N(C)CC(=O)O)cc1Br. The van der Waals surface area contributed by atoms with Crippen molar-refractivity contribution in [2.75, 3.05) is 18.9 Å². The zero-order valence-electron chi connectivity index (χ0n) is 9.53. The van der Waals surface area contributed by atoms with E-state index in [2.05, 4.69) is 21.2 Å². The second-order valence-electron chi connectivity index (χ2n) is 3.64. The van der Waals surface area contributed by atoms with E-state index in [-0.39, 0.29) is 6.54 Å². The van der Waals surface area contributed by atoms with E-state index < -0.39 is 12.0 Å². The lowest BCUT2D eigenvalue weighted by atomic mass is 10.2. The predicted octanol–water partition coefficient (Wildman–Crippen LogP) is 2.31. The Kier molecular flexibility index (Phi) is 4.51. The zero-order chi connectivity index (χ0) is 13.0. The molecule has 0 aliphatic heterocycles. The highest BCUT2D eigenvalue weighted by atomic mass is 79.9. The number of hydrogen-bond donors (Lipinski definition) is 2. The van der Waals surface area contributed by atoms with E-state index in [0.717, 1.165) is 14.9 Å². The molecule has 1 rings (SSSR count). The topological polar surface area (TPSA) is 69.6 Å². The Bertz CT molecular complexity index is 448. The van der Waals surface area contributed by atoms with Crippen LogP contribution in [0, 0.1) is 6.92 Å². The van der Waals surface area contributed by atoms with Gasteiger partial charge in [0, 0.05) is 17.2 Å². The number of likely N-dealkylation sites (N-methyl/N-ethyl adjacent to an activating group) is 1. The van der Waals surface area contributed by atoms with Crippen molar-refractivity contribution in [2.45, 2.75) is 6.92 Å². The molecule has 0 saturated carbocycles. The third-order valence-electron chi connectivity index (χ3n) is 2.14. The number of aliphatic carboxylic acids is 1. The van der Waals surface area contributed by atoms with Crippen LogP contribution < -0.4 is 5.32 Å². The smallest absolute Gasteiger partial charge is 0.323 e. The van der Waals surface area contributed by atoms with Crippen molar-refractivity contribution in [1.82, 2.24) is 4.90 Å². The first kappa shape index (κ1) is 13.5. The zero-order valence-corrected chi connectivity index (χ0v) is 11.1. The number of halogens is 1. The molecule has 92 valence electrons. The van der Waals surface area contributed by atoms with E-state index in [4.69, 9.17) is 5.11 Å². The maximum absolute atomic E-state index is 11.6. The van der Waals surface area contributed by atoms with Crippen LogP contribution in [-0.4, -0.2) is 35.6 Å². The number of rotatable bonds is 3. The van der Waals surface area contributed by atoms with Crippen LogP contribution in [0.2, 0.25) is 0 Å². The van der Waals surface area contributed by atoms with Gasteiger partial charge in [-0.1, -0.05) is 22.0 Å². The van der Waals surface area contributed by atoms with Crippen LogP contribution in [0.5, 0.6) is 0 Å². The van der Waals surface area contributed by atoms with Crippen molar-refractivity contribution in [3.63, 3.8) is 0 Å². The summed E-state index contributed by atoms with van der Waals surface area (Å²) in [6, 6.07) is 4.92. The van der Waals surface area contributed by atoms with Crippen molar-refractivity contribution >= 4 is 33.6 Å². The van der Waals surface area contributed by atoms with E-state index >= 15 is 0 Å². The van der Waals surface area contributed by atoms with Gasteiger partial charge in [0.05, 0.1) is 0 Å². The van der Waals surface area contributed by atoms with E-state index in [9.17, 15) is 9.59 Å². The molecule has 1 aromatic rings. The fourth-order valence-corrected chi connectivity index (χ4v) is 1.54. The number of amides is 2. The number of carbonyl (C=O) groups is 2. The summed E-state index contributed by atoms with van der Waals surface area (Å²) in [6.07, 6.45) is 0. The first-order valence-electron chi connectivity index (χ1n) is 4.90. The lowest BCUT2D eigenvalue weighted by Crippen LogP contribution is -2.35. The molecule has 5 nitrogen and oxygen atoms in total. The predicted molar refractivity (Wildman–Crippen MR) is 68.2 cm³/mol. The van der Waals surface area contributed by atoms with Crippen LogP contribution in [0.3, 0.4) is 0 Å². The summed E-state index contributed by atoms with van der Waals surface area (Å²) in [6.45, 7) is 1.60. The summed E-state index contributed by atoms with van der Waals surface area (Å²) in [5, 5.41) is 11.2. The molecule has 2 amide bonds. The number of nitrogens with one attached hydrogen (secondary N) is 1. The van der Waals surface area contributed by atoms with Crippen molar-refractivity contribution in [2.24, 2.45) is 0 Å². The summed E-state index contributed by atoms with van der Waals surface area (Å²) in [7, 11) is 1.42. The van der Waals surface area contributed by atoms with E-state index in [1.165, 1.54) is 7.05 Å². The largest absolute Gasteiger partial charge is 0.480 e. The Morgan fingerprint density at radius 1 is 1.47 bits per heavy atom. The summed E-state index contributed by atoms with van der Waals surface area (Å²) >= 11 is 3.35. The van der Waals surface area contributed by atoms with Crippen LogP contribution in [0.25, 0.3) is 0 Å². The molecule has 1 aromatic carbocycles. The van der Waals surface area contributed by atoms with Gasteiger partial charge in [-0.25, -0.2) is 4.79 Å². The monoisotopic (exact) mass is 300 g/mol. The molecular formula is C11H13BrN2O3. The van der Waals surface area contributed by atoms with Gasteiger partial charge < -0.3 is 15.3 Å². The van der Waals surface area contributed by atoms with Gasteiger partial charge >= 0.3 is 12.0 Å². The highest BCUT2D eigenvalue weighted by molar-refractivity contribution is 9.10. The van der Waals surface area contributed by atoms with Crippen LogP contribution in [0.15, 0.2) is 22.7 Å². The van der Waals surface area contributed by atoms with Crippen molar-refractivity contribution < 1.29 is 14.7 Å². The second kappa shape index (κ2) is 5.67. The molecule has 0 fully saturated rings. The van der Waals surface area contributed by atoms with Crippen molar-refractivity contribution in [3.8, 4) is 0 Å². The van der Waals surface area contributed by atoms with Crippen molar-refractivity contribution in [1.29, 1.82) is 0 Å². The Morgan fingerprint density at radius 2 is 2.12 bits per heavy atom.